The Labute approximate surface area is 111 Å². The highest BCUT2D eigenvalue weighted by molar-refractivity contribution is 4.79. The Morgan fingerprint density at radius 3 is 1.88 bits per heavy atom. The molecule has 0 heteroatoms. The van der Waals surface area contributed by atoms with Gasteiger partial charge in [-0.1, -0.05) is 74.1 Å². The summed E-state index contributed by atoms with van der Waals surface area (Å²) in [6.45, 7) is 16.8. The van der Waals surface area contributed by atoms with Crippen LogP contribution in [0.3, 0.4) is 0 Å². The minimum atomic E-state index is 0.511. The van der Waals surface area contributed by atoms with E-state index in [0.29, 0.717) is 5.41 Å². The van der Waals surface area contributed by atoms with E-state index >= 15 is 0 Å². The highest BCUT2D eigenvalue weighted by Crippen LogP contribution is 2.39. The van der Waals surface area contributed by atoms with Gasteiger partial charge in [0.2, 0.25) is 0 Å². The van der Waals surface area contributed by atoms with Gasteiger partial charge in [-0.2, -0.15) is 0 Å². The molecule has 0 N–H and O–H groups in total. The standard InChI is InChI=1S/C17H36/c1-8-11-16(10-3)12-13-17(6,7)15(5)14(4)9-2/h14-16H,8-13H2,1-7H3. The largest absolute Gasteiger partial charge is 0.0654 e. The van der Waals surface area contributed by atoms with Crippen molar-refractivity contribution in [2.45, 2.75) is 87.0 Å². The third-order valence-electron chi connectivity index (χ3n) is 5.20. The van der Waals surface area contributed by atoms with Gasteiger partial charge in [0, 0.05) is 0 Å². The van der Waals surface area contributed by atoms with Crippen molar-refractivity contribution >= 4 is 0 Å². The Hall–Kier alpha value is 0. The van der Waals surface area contributed by atoms with Gasteiger partial charge < -0.3 is 0 Å². The quantitative estimate of drug-likeness (QED) is 0.443. The van der Waals surface area contributed by atoms with Crippen LogP contribution >= 0.6 is 0 Å². The van der Waals surface area contributed by atoms with Gasteiger partial charge in [0.1, 0.15) is 0 Å². The minimum Gasteiger partial charge on any atom is -0.0654 e. The summed E-state index contributed by atoms with van der Waals surface area (Å²) < 4.78 is 0. The molecule has 0 fully saturated rings. The zero-order valence-corrected chi connectivity index (χ0v) is 13.5. The zero-order chi connectivity index (χ0) is 13.5. The summed E-state index contributed by atoms with van der Waals surface area (Å²) in [5, 5.41) is 0. The molecule has 0 aromatic rings. The molecule has 17 heavy (non-hydrogen) atoms. The molecule has 0 aliphatic carbocycles. The summed E-state index contributed by atoms with van der Waals surface area (Å²) in [7, 11) is 0. The molecule has 0 aromatic heterocycles. The molecule has 0 aliphatic rings. The van der Waals surface area contributed by atoms with Gasteiger partial charge >= 0.3 is 0 Å². The van der Waals surface area contributed by atoms with Gasteiger partial charge in [0.15, 0.2) is 0 Å². The Balaban J connectivity index is 4.23. The molecule has 0 radical (unpaired) electrons. The third kappa shape index (κ3) is 5.93. The van der Waals surface area contributed by atoms with Gasteiger partial charge in [-0.05, 0) is 36.0 Å². The van der Waals surface area contributed by atoms with E-state index in [2.05, 4.69) is 48.5 Å². The molecule has 104 valence electrons. The Morgan fingerprint density at radius 2 is 1.47 bits per heavy atom. The van der Waals surface area contributed by atoms with E-state index in [1.807, 2.05) is 0 Å². The Morgan fingerprint density at radius 1 is 0.882 bits per heavy atom. The molecule has 3 atom stereocenters. The molecule has 0 rings (SSSR count). The minimum absolute atomic E-state index is 0.511. The van der Waals surface area contributed by atoms with E-state index in [4.69, 9.17) is 0 Å². The third-order valence-corrected chi connectivity index (χ3v) is 5.20. The van der Waals surface area contributed by atoms with Crippen LogP contribution in [0.25, 0.3) is 0 Å². The van der Waals surface area contributed by atoms with Crippen LogP contribution in [0.4, 0.5) is 0 Å². The lowest BCUT2D eigenvalue weighted by Crippen LogP contribution is -2.27. The Kier molecular flexibility index (Phi) is 8.16. The molecule has 0 amide bonds. The fourth-order valence-electron chi connectivity index (χ4n) is 2.89. The summed E-state index contributed by atoms with van der Waals surface area (Å²) in [6.07, 6.45) is 8.28. The summed E-state index contributed by atoms with van der Waals surface area (Å²) >= 11 is 0. The van der Waals surface area contributed by atoms with Gasteiger partial charge in [0.05, 0.1) is 0 Å². The average molecular weight is 240 g/mol. The van der Waals surface area contributed by atoms with Crippen molar-refractivity contribution in [3.8, 4) is 0 Å². The monoisotopic (exact) mass is 240 g/mol. The van der Waals surface area contributed by atoms with E-state index in [9.17, 15) is 0 Å². The topological polar surface area (TPSA) is 0 Å². The molecule has 0 bridgehead atoms. The highest BCUT2D eigenvalue weighted by Gasteiger charge is 2.29. The maximum atomic E-state index is 2.47. The van der Waals surface area contributed by atoms with E-state index in [1.54, 1.807) is 0 Å². The van der Waals surface area contributed by atoms with E-state index in [-0.39, 0.29) is 0 Å². The van der Waals surface area contributed by atoms with Crippen molar-refractivity contribution in [1.82, 2.24) is 0 Å². The van der Waals surface area contributed by atoms with Crippen LogP contribution in [-0.4, -0.2) is 0 Å². The highest BCUT2D eigenvalue weighted by atomic mass is 14.3. The fraction of sp³-hybridized carbons (Fsp3) is 1.00. The van der Waals surface area contributed by atoms with Crippen molar-refractivity contribution in [3.63, 3.8) is 0 Å². The van der Waals surface area contributed by atoms with Crippen molar-refractivity contribution in [2.24, 2.45) is 23.2 Å². The first kappa shape index (κ1) is 17.0. The first-order valence-electron chi connectivity index (χ1n) is 7.88. The molecule has 0 saturated carbocycles. The number of hydrogen-bond acceptors (Lipinski definition) is 0. The molecule has 0 spiro atoms. The fourth-order valence-corrected chi connectivity index (χ4v) is 2.89. The van der Waals surface area contributed by atoms with Crippen LogP contribution in [0.5, 0.6) is 0 Å². The second-order valence-corrected chi connectivity index (χ2v) is 6.76. The Bertz CT molecular complexity index is 180. The maximum Gasteiger partial charge on any atom is -0.0326 e. The zero-order valence-electron chi connectivity index (χ0n) is 13.5. The van der Waals surface area contributed by atoms with Crippen LogP contribution in [-0.2, 0) is 0 Å². The SMILES string of the molecule is CCCC(CC)CCC(C)(C)C(C)C(C)CC. The van der Waals surface area contributed by atoms with Gasteiger partial charge in [-0.15, -0.1) is 0 Å². The van der Waals surface area contributed by atoms with E-state index in [1.165, 1.54) is 38.5 Å². The lowest BCUT2D eigenvalue weighted by molar-refractivity contribution is 0.136. The lowest BCUT2D eigenvalue weighted by Gasteiger charge is -2.36. The predicted molar refractivity (Wildman–Crippen MR) is 80.3 cm³/mol. The smallest absolute Gasteiger partial charge is 0.0326 e. The van der Waals surface area contributed by atoms with Crippen molar-refractivity contribution in [2.75, 3.05) is 0 Å². The van der Waals surface area contributed by atoms with Gasteiger partial charge in [0.25, 0.3) is 0 Å². The van der Waals surface area contributed by atoms with Crippen LogP contribution in [0.15, 0.2) is 0 Å². The van der Waals surface area contributed by atoms with Crippen molar-refractivity contribution < 1.29 is 0 Å². The molecule has 0 saturated heterocycles. The second-order valence-electron chi connectivity index (χ2n) is 6.76. The van der Waals surface area contributed by atoms with Crippen molar-refractivity contribution in [1.29, 1.82) is 0 Å². The number of hydrogen-bond donors (Lipinski definition) is 0. The van der Waals surface area contributed by atoms with Crippen LogP contribution in [0, 0.1) is 23.2 Å². The maximum absolute atomic E-state index is 2.47. The van der Waals surface area contributed by atoms with E-state index in [0.717, 1.165) is 17.8 Å². The lowest BCUT2D eigenvalue weighted by atomic mass is 9.69. The first-order valence-corrected chi connectivity index (χ1v) is 7.88. The van der Waals surface area contributed by atoms with Gasteiger partial charge in [-0.25, -0.2) is 0 Å². The molecule has 0 heterocycles. The molecule has 0 nitrogen and oxygen atoms in total. The molecular weight excluding hydrogens is 204 g/mol. The van der Waals surface area contributed by atoms with Crippen molar-refractivity contribution in [3.05, 3.63) is 0 Å². The van der Waals surface area contributed by atoms with Crippen LogP contribution in [0.1, 0.15) is 87.0 Å². The molecule has 3 unspecified atom stereocenters. The number of rotatable bonds is 9. The van der Waals surface area contributed by atoms with Crippen LogP contribution in [0.2, 0.25) is 0 Å². The van der Waals surface area contributed by atoms with E-state index < -0.39 is 0 Å². The summed E-state index contributed by atoms with van der Waals surface area (Å²) in [6, 6.07) is 0. The predicted octanol–water partition coefficient (Wildman–Crippen LogP) is 6.30. The normalized spacial score (nSPS) is 17.8. The van der Waals surface area contributed by atoms with Crippen LogP contribution < -0.4 is 0 Å². The molecule has 0 aliphatic heterocycles. The molecule has 0 aromatic carbocycles. The average Bonchev–Trinajstić information content (AvgIpc) is 2.32. The summed E-state index contributed by atoms with van der Waals surface area (Å²) in [4.78, 5) is 0. The summed E-state index contributed by atoms with van der Waals surface area (Å²) in [5.41, 5.74) is 0.511. The molecular formula is C17H36. The van der Waals surface area contributed by atoms with Gasteiger partial charge in [-0.3, -0.25) is 0 Å². The first-order chi connectivity index (χ1) is 7.88. The summed E-state index contributed by atoms with van der Waals surface area (Å²) in [5.74, 6) is 2.66. The second kappa shape index (κ2) is 8.16.